The molecule has 8 nitrogen and oxygen atoms in total. The molecule has 1 aromatic carbocycles. The number of aromatic nitrogens is 1. The van der Waals surface area contributed by atoms with E-state index in [1.165, 1.54) is 0 Å². The van der Waals surface area contributed by atoms with Gasteiger partial charge in [-0.15, -0.1) is 0 Å². The number of anilines is 3. The van der Waals surface area contributed by atoms with Gasteiger partial charge in [-0.25, -0.2) is 9.59 Å². The van der Waals surface area contributed by atoms with Crippen LogP contribution in [-0.2, 0) is 0 Å². The van der Waals surface area contributed by atoms with Gasteiger partial charge in [0.1, 0.15) is 5.76 Å². The number of nitrogens with zero attached hydrogens (tertiary/aromatic N) is 1. The molecule has 0 saturated heterocycles. The fourth-order valence-electron chi connectivity index (χ4n) is 1.96. The van der Waals surface area contributed by atoms with Gasteiger partial charge in [0.15, 0.2) is 5.82 Å². The predicted octanol–water partition coefficient (Wildman–Crippen LogP) is 2.91. The van der Waals surface area contributed by atoms with Gasteiger partial charge in [0, 0.05) is 23.5 Å². The van der Waals surface area contributed by atoms with Crippen LogP contribution in [0.5, 0.6) is 0 Å². The van der Waals surface area contributed by atoms with Crippen LogP contribution >= 0.6 is 0 Å². The minimum atomic E-state index is -0.446. The Morgan fingerprint density at radius 1 is 1.09 bits per heavy atom. The highest BCUT2D eigenvalue weighted by Gasteiger charge is 2.23. The predicted molar refractivity (Wildman–Crippen MR) is 85.5 cm³/mol. The molecule has 0 spiro atoms. The van der Waals surface area contributed by atoms with E-state index in [0.29, 0.717) is 23.0 Å². The highest BCUT2D eigenvalue weighted by molar-refractivity contribution is 5.99. The Bertz CT molecular complexity index is 723. The third kappa shape index (κ3) is 4.47. The Labute approximate surface area is 132 Å². The molecule has 0 aliphatic heterocycles. The summed E-state index contributed by atoms with van der Waals surface area (Å²) in [5.41, 5.74) is 1.14. The first-order chi connectivity index (χ1) is 11.1. The van der Waals surface area contributed by atoms with Crippen molar-refractivity contribution in [1.82, 2.24) is 10.5 Å². The Morgan fingerprint density at radius 3 is 2.39 bits per heavy atom. The maximum Gasteiger partial charge on any atom is 0.324 e. The quantitative estimate of drug-likeness (QED) is 0.695. The molecule has 8 heteroatoms. The Balaban J connectivity index is 1.55. The van der Waals surface area contributed by atoms with E-state index in [4.69, 9.17) is 4.52 Å². The van der Waals surface area contributed by atoms with Gasteiger partial charge in [-0.2, -0.15) is 0 Å². The van der Waals surface area contributed by atoms with Crippen LogP contribution in [0.15, 0.2) is 34.9 Å². The number of aryl methyl sites for hydroxylation is 1. The lowest BCUT2D eigenvalue weighted by Gasteiger charge is -2.09. The summed E-state index contributed by atoms with van der Waals surface area (Å²) < 4.78 is 4.87. The minimum absolute atomic E-state index is 0.243. The van der Waals surface area contributed by atoms with Gasteiger partial charge in [0.2, 0.25) is 0 Å². The van der Waals surface area contributed by atoms with Gasteiger partial charge in [0.05, 0.1) is 0 Å². The first-order valence-corrected chi connectivity index (χ1v) is 7.27. The molecule has 4 amide bonds. The standard InChI is InChI=1S/C15H17N5O3/c1-9-7-13(20-23-9)19-15(22)18-12-4-2-3-11(8-12)17-14(21)16-10-5-6-10/h2-4,7-8,10H,5-6H2,1H3,(H2,16,17,21)(H2,18,19,20,22). The first kappa shape index (κ1) is 14.9. The van der Waals surface area contributed by atoms with Crippen LogP contribution in [0.4, 0.5) is 26.8 Å². The van der Waals surface area contributed by atoms with Crippen molar-refractivity contribution in [2.45, 2.75) is 25.8 Å². The summed E-state index contributed by atoms with van der Waals surface area (Å²) in [7, 11) is 0. The van der Waals surface area contributed by atoms with Crippen LogP contribution in [0.2, 0.25) is 0 Å². The molecule has 23 heavy (non-hydrogen) atoms. The molecule has 1 aromatic heterocycles. The van der Waals surface area contributed by atoms with Crippen molar-refractivity contribution in [2.24, 2.45) is 0 Å². The number of hydrogen-bond donors (Lipinski definition) is 4. The SMILES string of the molecule is Cc1cc(NC(=O)Nc2cccc(NC(=O)NC3CC3)c2)no1. The second-order valence-corrected chi connectivity index (χ2v) is 5.36. The molecule has 1 saturated carbocycles. The number of benzene rings is 1. The minimum Gasteiger partial charge on any atom is -0.360 e. The fourth-order valence-corrected chi connectivity index (χ4v) is 1.96. The summed E-state index contributed by atoms with van der Waals surface area (Å²) in [6.07, 6.45) is 2.05. The lowest BCUT2D eigenvalue weighted by Crippen LogP contribution is -2.30. The number of hydrogen-bond acceptors (Lipinski definition) is 4. The van der Waals surface area contributed by atoms with Crippen LogP contribution in [0.1, 0.15) is 18.6 Å². The van der Waals surface area contributed by atoms with Crippen molar-refractivity contribution < 1.29 is 14.1 Å². The molecule has 1 fully saturated rings. The van der Waals surface area contributed by atoms with Crippen LogP contribution in [0.25, 0.3) is 0 Å². The van der Waals surface area contributed by atoms with Gasteiger partial charge >= 0.3 is 12.1 Å². The zero-order chi connectivity index (χ0) is 16.2. The molecule has 3 rings (SSSR count). The topological polar surface area (TPSA) is 108 Å². The van der Waals surface area contributed by atoms with Crippen LogP contribution in [-0.4, -0.2) is 23.3 Å². The van der Waals surface area contributed by atoms with E-state index in [0.717, 1.165) is 12.8 Å². The molecule has 120 valence electrons. The number of nitrogens with one attached hydrogen (secondary N) is 4. The number of rotatable bonds is 4. The number of carbonyl (C=O) groups excluding carboxylic acids is 2. The highest BCUT2D eigenvalue weighted by Crippen LogP contribution is 2.19. The van der Waals surface area contributed by atoms with E-state index >= 15 is 0 Å². The van der Waals surface area contributed by atoms with Gasteiger partial charge in [-0.3, -0.25) is 5.32 Å². The zero-order valence-corrected chi connectivity index (χ0v) is 12.6. The van der Waals surface area contributed by atoms with Crippen LogP contribution in [0, 0.1) is 6.92 Å². The largest absolute Gasteiger partial charge is 0.360 e. The molecule has 2 aromatic rings. The average Bonchev–Trinajstić information content (AvgIpc) is 3.20. The molecule has 4 N–H and O–H groups in total. The smallest absolute Gasteiger partial charge is 0.324 e. The summed E-state index contributed by atoms with van der Waals surface area (Å²) >= 11 is 0. The molecule has 1 aliphatic rings. The molecule has 0 atom stereocenters. The first-order valence-electron chi connectivity index (χ1n) is 7.27. The Morgan fingerprint density at radius 2 is 1.78 bits per heavy atom. The third-order valence-electron chi connectivity index (χ3n) is 3.16. The van der Waals surface area contributed by atoms with E-state index in [9.17, 15) is 9.59 Å². The number of urea groups is 2. The van der Waals surface area contributed by atoms with Crippen LogP contribution < -0.4 is 21.3 Å². The summed E-state index contributed by atoms with van der Waals surface area (Å²) in [4.78, 5) is 23.6. The van der Waals surface area contributed by atoms with Crippen molar-refractivity contribution in [1.29, 1.82) is 0 Å². The Kier molecular flexibility index (Phi) is 4.13. The normalized spacial score (nSPS) is 13.3. The number of amides is 4. The van der Waals surface area contributed by atoms with Crippen molar-refractivity contribution in [3.8, 4) is 0 Å². The van der Waals surface area contributed by atoms with E-state index in [-0.39, 0.29) is 12.1 Å². The zero-order valence-electron chi connectivity index (χ0n) is 12.6. The summed E-state index contributed by atoms with van der Waals surface area (Å²) in [6, 6.07) is 8.08. The molecule has 0 radical (unpaired) electrons. The lowest BCUT2D eigenvalue weighted by molar-refractivity contribution is 0.251. The fraction of sp³-hybridized carbons (Fsp3) is 0.267. The lowest BCUT2D eigenvalue weighted by atomic mass is 10.3. The summed E-state index contributed by atoms with van der Waals surface area (Å²) in [5, 5.41) is 14.4. The van der Waals surface area contributed by atoms with E-state index in [1.54, 1.807) is 37.3 Å². The van der Waals surface area contributed by atoms with Crippen molar-refractivity contribution in [3.05, 3.63) is 36.1 Å². The van der Waals surface area contributed by atoms with Crippen molar-refractivity contribution in [2.75, 3.05) is 16.0 Å². The third-order valence-corrected chi connectivity index (χ3v) is 3.16. The van der Waals surface area contributed by atoms with Gasteiger partial charge < -0.3 is 20.5 Å². The maximum absolute atomic E-state index is 11.9. The molecule has 0 unspecified atom stereocenters. The molecule has 1 heterocycles. The van der Waals surface area contributed by atoms with Gasteiger partial charge in [-0.05, 0) is 38.0 Å². The Hall–Kier alpha value is -3.03. The van der Waals surface area contributed by atoms with E-state index in [1.807, 2.05) is 0 Å². The highest BCUT2D eigenvalue weighted by atomic mass is 16.5. The number of carbonyl (C=O) groups is 2. The maximum atomic E-state index is 11.9. The second kappa shape index (κ2) is 6.39. The molecule has 0 bridgehead atoms. The van der Waals surface area contributed by atoms with Crippen molar-refractivity contribution in [3.63, 3.8) is 0 Å². The second-order valence-electron chi connectivity index (χ2n) is 5.36. The molecule has 1 aliphatic carbocycles. The van der Waals surface area contributed by atoms with E-state index < -0.39 is 6.03 Å². The summed E-state index contributed by atoms with van der Waals surface area (Å²) in [5.74, 6) is 0.936. The average molecular weight is 315 g/mol. The van der Waals surface area contributed by atoms with E-state index in [2.05, 4.69) is 26.4 Å². The summed E-state index contributed by atoms with van der Waals surface area (Å²) in [6.45, 7) is 1.73. The van der Waals surface area contributed by atoms with Crippen molar-refractivity contribution >= 4 is 29.3 Å². The van der Waals surface area contributed by atoms with Crippen LogP contribution in [0.3, 0.4) is 0 Å². The van der Waals surface area contributed by atoms with Gasteiger partial charge in [-0.1, -0.05) is 11.2 Å². The molecular formula is C15H17N5O3. The molecular weight excluding hydrogens is 298 g/mol. The monoisotopic (exact) mass is 315 g/mol. The van der Waals surface area contributed by atoms with Gasteiger partial charge in [0.25, 0.3) is 0 Å².